The summed E-state index contributed by atoms with van der Waals surface area (Å²) in [5.74, 6) is 1.37. The van der Waals surface area contributed by atoms with Gasteiger partial charge < -0.3 is 10.4 Å². The van der Waals surface area contributed by atoms with Gasteiger partial charge in [0, 0.05) is 5.69 Å². The Morgan fingerprint density at radius 2 is 2.15 bits per heavy atom. The molecule has 2 N–H and O–H groups in total. The van der Waals surface area contributed by atoms with Crippen LogP contribution in [0.1, 0.15) is 17.8 Å². The average Bonchev–Trinajstić information content (AvgIpc) is 2.79. The standard InChI is InChI=1S/C14H16N2O2S2/c1-9-15-11-3-2-10(8-12(11)20-9)16-13(17)14(18)4-6-19-7-5-14/h2-3,8,18H,4-7H2,1H3,(H,16,17). The number of aromatic nitrogens is 1. The smallest absolute Gasteiger partial charge is 0.256 e. The van der Waals surface area contributed by atoms with Crippen LogP contribution in [0.25, 0.3) is 10.2 Å². The normalized spacial score (nSPS) is 18.1. The van der Waals surface area contributed by atoms with Crippen molar-refractivity contribution in [3.8, 4) is 0 Å². The first kappa shape index (κ1) is 13.9. The molecule has 2 heterocycles. The summed E-state index contributed by atoms with van der Waals surface area (Å²) in [6.07, 6.45) is 1.04. The summed E-state index contributed by atoms with van der Waals surface area (Å²) in [5, 5.41) is 14.2. The fourth-order valence-corrected chi connectivity index (χ4v) is 4.34. The van der Waals surface area contributed by atoms with E-state index in [1.807, 2.05) is 25.1 Å². The lowest BCUT2D eigenvalue weighted by atomic mass is 9.95. The van der Waals surface area contributed by atoms with Gasteiger partial charge in [-0.25, -0.2) is 4.98 Å². The molecule has 0 atom stereocenters. The van der Waals surface area contributed by atoms with Gasteiger partial charge >= 0.3 is 0 Å². The van der Waals surface area contributed by atoms with Crippen LogP contribution in [0.15, 0.2) is 18.2 Å². The predicted octanol–water partition coefficient (Wildman–Crippen LogP) is 2.80. The van der Waals surface area contributed by atoms with E-state index in [0.717, 1.165) is 32.4 Å². The Morgan fingerprint density at radius 3 is 2.90 bits per heavy atom. The van der Waals surface area contributed by atoms with Crippen molar-refractivity contribution >= 4 is 44.9 Å². The van der Waals surface area contributed by atoms with Crippen LogP contribution in [-0.2, 0) is 4.79 Å². The topological polar surface area (TPSA) is 62.2 Å². The first-order valence-electron chi connectivity index (χ1n) is 6.56. The summed E-state index contributed by atoms with van der Waals surface area (Å²) in [6, 6.07) is 5.65. The number of rotatable bonds is 2. The van der Waals surface area contributed by atoms with Crippen molar-refractivity contribution in [2.75, 3.05) is 16.8 Å². The Kier molecular flexibility index (Phi) is 3.70. The van der Waals surface area contributed by atoms with Gasteiger partial charge in [-0.3, -0.25) is 4.79 Å². The zero-order chi connectivity index (χ0) is 14.2. The molecule has 1 saturated heterocycles. The molecule has 1 aromatic heterocycles. The van der Waals surface area contributed by atoms with Gasteiger partial charge in [-0.15, -0.1) is 11.3 Å². The van der Waals surface area contributed by atoms with E-state index in [9.17, 15) is 9.90 Å². The van der Waals surface area contributed by atoms with Crippen LogP contribution in [0.2, 0.25) is 0 Å². The van der Waals surface area contributed by atoms with Crippen LogP contribution in [-0.4, -0.2) is 33.1 Å². The van der Waals surface area contributed by atoms with Crippen LogP contribution >= 0.6 is 23.1 Å². The second-order valence-corrected chi connectivity index (χ2v) is 7.47. The molecule has 3 rings (SSSR count). The van der Waals surface area contributed by atoms with Gasteiger partial charge in [0.25, 0.3) is 5.91 Å². The van der Waals surface area contributed by atoms with Crippen LogP contribution in [0, 0.1) is 6.92 Å². The van der Waals surface area contributed by atoms with Crippen LogP contribution < -0.4 is 5.32 Å². The molecule has 2 aromatic rings. The van der Waals surface area contributed by atoms with Crippen molar-refractivity contribution in [3.05, 3.63) is 23.2 Å². The number of carbonyl (C=O) groups excluding carboxylic acids is 1. The number of anilines is 1. The lowest BCUT2D eigenvalue weighted by molar-refractivity contribution is -0.134. The molecule has 1 fully saturated rings. The number of hydrogen-bond donors (Lipinski definition) is 2. The van der Waals surface area contributed by atoms with E-state index in [2.05, 4.69) is 10.3 Å². The number of nitrogens with one attached hydrogen (secondary N) is 1. The second kappa shape index (κ2) is 5.35. The number of amides is 1. The van der Waals surface area contributed by atoms with Gasteiger partial charge in [0.2, 0.25) is 0 Å². The fraction of sp³-hybridized carbons (Fsp3) is 0.429. The number of aryl methyl sites for hydroxylation is 1. The summed E-state index contributed by atoms with van der Waals surface area (Å²) in [4.78, 5) is 16.6. The second-order valence-electron chi connectivity index (χ2n) is 5.01. The van der Waals surface area contributed by atoms with Gasteiger partial charge in [-0.05, 0) is 49.5 Å². The molecular weight excluding hydrogens is 292 g/mol. The average molecular weight is 308 g/mol. The Labute approximate surface area is 125 Å². The van der Waals surface area contributed by atoms with Gasteiger partial charge in [0.1, 0.15) is 5.60 Å². The van der Waals surface area contributed by atoms with E-state index < -0.39 is 5.60 Å². The number of aliphatic hydroxyl groups is 1. The third-order valence-corrected chi connectivity index (χ3v) is 5.42. The molecule has 0 bridgehead atoms. The lowest BCUT2D eigenvalue weighted by Crippen LogP contribution is -2.45. The minimum Gasteiger partial charge on any atom is -0.380 e. The maximum atomic E-state index is 12.2. The number of fused-ring (bicyclic) bond motifs is 1. The molecule has 1 amide bonds. The Bertz CT molecular complexity index is 648. The van der Waals surface area contributed by atoms with Crippen molar-refractivity contribution in [2.45, 2.75) is 25.4 Å². The Morgan fingerprint density at radius 1 is 1.40 bits per heavy atom. The third kappa shape index (κ3) is 2.68. The summed E-state index contributed by atoms with van der Waals surface area (Å²) in [6.45, 7) is 1.96. The SMILES string of the molecule is Cc1nc2ccc(NC(=O)C3(O)CCSCC3)cc2s1. The highest BCUT2D eigenvalue weighted by molar-refractivity contribution is 7.99. The van der Waals surface area contributed by atoms with Crippen LogP contribution in [0.4, 0.5) is 5.69 Å². The Hall–Kier alpha value is -1.11. The molecule has 4 nitrogen and oxygen atoms in total. The molecule has 1 aliphatic heterocycles. The molecular formula is C14H16N2O2S2. The fourth-order valence-electron chi connectivity index (χ4n) is 2.30. The zero-order valence-corrected chi connectivity index (χ0v) is 12.8. The molecule has 6 heteroatoms. The van der Waals surface area contributed by atoms with E-state index in [4.69, 9.17) is 0 Å². The van der Waals surface area contributed by atoms with E-state index in [1.165, 1.54) is 0 Å². The van der Waals surface area contributed by atoms with E-state index in [-0.39, 0.29) is 5.91 Å². The van der Waals surface area contributed by atoms with Crippen molar-refractivity contribution in [1.29, 1.82) is 0 Å². The van der Waals surface area contributed by atoms with Gasteiger partial charge in [-0.1, -0.05) is 0 Å². The van der Waals surface area contributed by atoms with Gasteiger partial charge in [0.15, 0.2) is 0 Å². The molecule has 1 aliphatic rings. The number of benzene rings is 1. The lowest BCUT2D eigenvalue weighted by Gasteiger charge is -2.30. The predicted molar refractivity (Wildman–Crippen MR) is 84.5 cm³/mol. The van der Waals surface area contributed by atoms with Gasteiger partial charge in [0.05, 0.1) is 15.2 Å². The van der Waals surface area contributed by atoms with Crippen molar-refractivity contribution in [1.82, 2.24) is 4.98 Å². The highest BCUT2D eigenvalue weighted by atomic mass is 32.2. The quantitative estimate of drug-likeness (QED) is 0.895. The first-order valence-corrected chi connectivity index (χ1v) is 8.53. The van der Waals surface area contributed by atoms with E-state index >= 15 is 0 Å². The number of carbonyl (C=O) groups is 1. The van der Waals surface area contributed by atoms with Crippen molar-refractivity contribution < 1.29 is 9.90 Å². The summed E-state index contributed by atoms with van der Waals surface area (Å²) in [5.41, 5.74) is 0.445. The van der Waals surface area contributed by atoms with E-state index in [1.54, 1.807) is 23.1 Å². The zero-order valence-electron chi connectivity index (χ0n) is 11.2. The number of nitrogens with zero attached hydrogens (tertiary/aromatic N) is 1. The monoisotopic (exact) mass is 308 g/mol. The third-order valence-electron chi connectivity index (χ3n) is 3.50. The van der Waals surface area contributed by atoms with Crippen molar-refractivity contribution in [3.63, 3.8) is 0 Å². The highest BCUT2D eigenvalue weighted by Gasteiger charge is 2.37. The molecule has 0 aliphatic carbocycles. The minimum absolute atomic E-state index is 0.293. The number of thioether (sulfide) groups is 1. The number of hydrogen-bond acceptors (Lipinski definition) is 5. The maximum Gasteiger partial charge on any atom is 0.256 e. The molecule has 106 valence electrons. The first-order chi connectivity index (χ1) is 9.57. The Balaban J connectivity index is 1.79. The number of thiazole rings is 1. The summed E-state index contributed by atoms with van der Waals surface area (Å²) in [7, 11) is 0. The molecule has 1 aromatic carbocycles. The molecule has 20 heavy (non-hydrogen) atoms. The molecule has 0 unspecified atom stereocenters. The minimum atomic E-state index is -1.22. The molecule has 0 saturated carbocycles. The summed E-state index contributed by atoms with van der Waals surface area (Å²) < 4.78 is 1.05. The van der Waals surface area contributed by atoms with Crippen molar-refractivity contribution in [2.24, 2.45) is 0 Å². The molecule has 0 spiro atoms. The largest absolute Gasteiger partial charge is 0.380 e. The van der Waals surface area contributed by atoms with Crippen LogP contribution in [0.5, 0.6) is 0 Å². The van der Waals surface area contributed by atoms with E-state index in [0.29, 0.717) is 12.8 Å². The summed E-state index contributed by atoms with van der Waals surface area (Å²) >= 11 is 3.38. The molecule has 0 radical (unpaired) electrons. The maximum absolute atomic E-state index is 12.2. The highest BCUT2D eigenvalue weighted by Crippen LogP contribution is 2.29. The van der Waals surface area contributed by atoms with Crippen LogP contribution in [0.3, 0.4) is 0 Å². The van der Waals surface area contributed by atoms with Gasteiger partial charge in [-0.2, -0.15) is 11.8 Å².